The summed E-state index contributed by atoms with van der Waals surface area (Å²) in [5.74, 6) is 0.812. The zero-order chi connectivity index (χ0) is 7.98. The molecule has 60 valence electrons. The summed E-state index contributed by atoms with van der Waals surface area (Å²) in [5.41, 5.74) is 0. The quantitative estimate of drug-likeness (QED) is 0.547. The van der Waals surface area contributed by atoms with Crippen molar-refractivity contribution in [1.82, 2.24) is 5.32 Å². The summed E-state index contributed by atoms with van der Waals surface area (Å²) in [4.78, 5) is 10.6. The summed E-state index contributed by atoms with van der Waals surface area (Å²) in [6.07, 6.45) is 1.87. The van der Waals surface area contributed by atoms with Gasteiger partial charge in [-0.05, 0) is 12.3 Å². The maximum atomic E-state index is 10.6. The van der Waals surface area contributed by atoms with Gasteiger partial charge in [0, 0.05) is 13.0 Å². The molecule has 1 N–H and O–H groups in total. The Balaban J connectivity index is 0.000000371. The van der Waals surface area contributed by atoms with E-state index in [0.29, 0.717) is 5.92 Å². The first-order valence-corrected chi connectivity index (χ1v) is 4.06. The van der Waals surface area contributed by atoms with E-state index in [1.54, 1.807) is 0 Å². The van der Waals surface area contributed by atoms with Gasteiger partial charge in [-0.3, -0.25) is 4.79 Å². The van der Waals surface area contributed by atoms with E-state index < -0.39 is 0 Å². The van der Waals surface area contributed by atoms with Gasteiger partial charge < -0.3 is 5.32 Å². The normalized spacial score (nSPS) is 24.3. The van der Waals surface area contributed by atoms with Crippen molar-refractivity contribution < 1.29 is 4.79 Å². The molecule has 0 radical (unpaired) electrons. The van der Waals surface area contributed by atoms with E-state index in [4.69, 9.17) is 0 Å². The maximum absolute atomic E-state index is 10.6. The van der Waals surface area contributed by atoms with Gasteiger partial charge >= 0.3 is 0 Å². The Bertz CT molecular complexity index is 101. The van der Waals surface area contributed by atoms with Gasteiger partial charge in [0.2, 0.25) is 5.91 Å². The monoisotopic (exact) mass is 143 g/mol. The molecular weight excluding hydrogens is 126 g/mol. The van der Waals surface area contributed by atoms with Crippen molar-refractivity contribution in [3.8, 4) is 0 Å². The van der Waals surface area contributed by atoms with Crippen molar-refractivity contribution in [3.63, 3.8) is 0 Å². The number of carbonyl (C=O) groups is 1. The lowest BCUT2D eigenvalue weighted by molar-refractivity contribution is -0.123. The Morgan fingerprint density at radius 3 is 2.40 bits per heavy atom. The van der Waals surface area contributed by atoms with Crippen molar-refractivity contribution in [1.29, 1.82) is 0 Å². The van der Waals surface area contributed by atoms with E-state index in [1.807, 2.05) is 13.8 Å². The second-order valence-electron chi connectivity index (χ2n) is 2.45. The van der Waals surface area contributed by atoms with Gasteiger partial charge in [-0.15, -0.1) is 0 Å². The number of carbonyl (C=O) groups excluding carboxylic acids is 1. The van der Waals surface area contributed by atoms with Gasteiger partial charge in [0.05, 0.1) is 0 Å². The molecule has 10 heavy (non-hydrogen) atoms. The minimum atomic E-state index is 0.212. The first kappa shape index (κ1) is 9.47. The Labute approximate surface area is 63.0 Å². The summed E-state index contributed by atoms with van der Waals surface area (Å²) in [7, 11) is 0. The average molecular weight is 143 g/mol. The van der Waals surface area contributed by atoms with Gasteiger partial charge in [0.15, 0.2) is 0 Å². The molecule has 1 aliphatic rings. The maximum Gasteiger partial charge on any atom is 0.220 e. The van der Waals surface area contributed by atoms with E-state index in [1.165, 1.54) is 0 Å². The summed E-state index contributed by atoms with van der Waals surface area (Å²) in [5, 5.41) is 2.77. The lowest BCUT2D eigenvalue weighted by atomic mass is 10.0. The fourth-order valence-corrected chi connectivity index (χ4v) is 0.949. The van der Waals surface area contributed by atoms with Crippen molar-refractivity contribution >= 4 is 5.91 Å². The highest BCUT2D eigenvalue weighted by molar-refractivity contribution is 5.76. The molecule has 1 atom stereocenters. The molecule has 0 aromatic rings. The third kappa shape index (κ3) is 3.49. The predicted octanol–water partition coefficient (Wildman–Crippen LogP) is 1.56. The highest BCUT2D eigenvalue weighted by Gasteiger charge is 2.13. The van der Waals surface area contributed by atoms with E-state index in [0.717, 1.165) is 19.4 Å². The molecule has 1 amide bonds. The topological polar surface area (TPSA) is 29.1 Å². The Hall–Kier alpha value is -0.530. The minimum Gasteiger partial charge on any atom is -0.356 e. The zero-order valence-corrected chi connectivity index (χ0v) is 7.11. The van der Waals surface area contributed by atoms with Crippen molar-refractivity contribution in [3.05, 3.63) is 0 Å². The van der Waals surface area contributed by atoms with Crippen LogP contribution in [0.15, 0.2) is 0 Å². The summed E-state index contributed by atoms with van der Waals surface area (Å²) in [6, 6.07) is 0. The van der Waals surface area contributed by atoms with Crippen LogP contribution in [0, 0.1) is 5.92 Å². The van der Waals surface area contributed by atoms with Crippen LogP contribution < -0.4 is 5.32 Å². The highest BCUT2D eigenvalue weighted by atomic mass is 16.1. The summed E-state index contributed by atoms with van der Waals surface area (Å²) in [6.45, 7) is 6.98. The van der Waals surface area contributed by atoms with Crippen LogP contribution >= 0.6 is 0 Å². The molecule has 0 bridgehead atoms. The van der Waals surface area contributed by atoms with Gasteiger partial charge in [0.25, 0.3) is 0 Å². The van der Waals surface area contributed by atoms with Crippen LogP contribution in [0.25, 0.3) is 0 Å². The second kappa shape index (κ2) is 5.27. The first-order valence-electron chi connectivity index (χ1n) is 4.06. The van der Waals surface area contributed by atoms with Crippen molar-refractivity contribution in [2.45, 2.75) is 33.6 Å². The van der Waals surface area contributed by atoms with Gasteiger partial charge in [-0.25, -0.2) is 0 Å². The van der Waals surface area contributed by atoms with Crippen LogP contribution in [0.5, 0.6) is 0 Å². The predicted molar refractivity (Wildman–Crippen MR) is 42.8 cm³/mol. The number of hydrogen-bond acceptors (Lipinski definition) is 1. The number of hydrogen-bond donors (Lipinski definition) is 1. The molecule has 1 saturated heterocycles. The molecule has 2 nitrogen and oxygen atoms in total. The minimum absolute atomic E-state index is 0.212. The van der Waals surface area contributed by atoms with Gasteiger partial charge in [-0.1, -0.05) is 20.8 Å². The number of amides is 1. The SMILES string of the molecule is CC.CC1CCNC(=O)C1. The van der Waals surface area contributed by atoms with E-state index in [9.17, 15) is 4.79 Å². The number of piperidine rings is 1. The molecule has 1 aliphatic heterocycles. The summed E-state index contributed by atoms with van der Waals surface area (Å²) >= 11 is 0. The van der Waals surface area contributed by atoms with Crippen LogP contribution in [-0.4, -0.2) is 12.5 Å². The third-order valence-corrected chi connectivity index (χ3v) is 1.49. The van der Waals surface area contributed by atoms with Crippen LogP contribution in [-0.2, 0) is 4.79 Å². The molecular formula is C8H17NO. The molecule has 0 saturated carbocycles. The lowest BCUT2D eigenvalue weighted by Crippen LogP contribution is -2.32. The molecule has 0 aromatic heterocycles. The Morgan fingerprint density at radius 1 is 1.50 bits per heavy atom. The van der Waals surface area contributed by atoms with E-state index >= 15 is 0 Å². The molecule has 1 fully saturated rings. The van der Waals surface area contributed by atoms with Crippen LogP contribution in [0.4, 0.5) is 0 Å². The number of rotatable bonds is 0. The summed E-state index contributed by atoms with van der Waals surface area (Å²) < 4.78 is 0. The second-order valence-corrected chi connectivity index (χ2v) is 2.45. The molecule has 0 aliphatic carbocycles. The van der Waals surface area contributed by atoms with E-state index in [2.05, 4.69) is 12.2 Å². The Kier molecular flexibility index (Phi) is 4.99. The Morgan fingerprint density at radius 2 is 2.10 bits per heavy atom. The van der Waals surface area contributed by atoms with Crippen LogP contribution in [0.3, 0.4) is 0 Å². The lowest BCUT2D eigenvalue weighted by Gasteiger charge is -2.16. The molecule has 1 heterocycles. The molecule has 0 spiro atoms. The van der Waals surface area contributed by atoms with E-state index in [-0.39, 0.29) is 5.91 Å². The van der Waals surface area contributed by atoms with Crippen LogP contribution in [0.2, 0.25) is 0 Å². The molecule has 0 aromatic carbocycles. The van der Waals surface area contributed by atoms with Crippen LogP contribution in [0.1, 0.15) is 33.6 Å². The average Bonchev–Trinajstić information content (AvgIpc) is 1.91. The first-order chi connectivity index (χ1) is 4.79. The smallest absolute Gasteiger partial charge is 0.220 e. The van der Waals surface area contributed by atoms with Gasteiger partial charge in [-0.2, -0.15) is 0 Å². The molecule has 1 rings (SSSR count). The molecule has 1 unspecified atom stereocenters. The van der Waals surface area contributed by atoms with Crippen molar-refractivity contribution in [2.24, 2.45) is 5.92 Å². The molecule has 2 heteroatoms. The number of nitrogens with one attached hydrogen (secondary N) is 1. The fourth-order valence-electron chi connectivity index (χ4n) is 0.949. The largest absolute Gasteiger partial charge is 0.356 e. The van der Waals surface area contributed by atoms with Gasteiger partial charge in [0.1, 0.15) is 0 Å². The standard InChI is InChI=1S/C6H11NO.C2H6/c1-5-2-3-7-6(8)4-5;1-2/h5H,2-4H2,1H3,(H,7,8);1-2H3. The zero-order valence-electron chi connectivity index (χ0n) is 7.11. The van der Waals surface area contributed by atoms with Crippen molar-refractivity contribution in [2.75, 3.05) is 6.54 Å². The fraction of sp³-hybridized carbons (Fsp3) is 0.875. The highest BCUT2D eigenvalue weighted by Crippen LogP contribution is 2.09. The third-order valence-electron chi connectivity index (χ3n) is 1.49.